The second-order valence-electron chi connectivity index (χ2n) is 4.41. The third-order valence-electron chi connectivity index (χ3n) is 2.57. The molecule has 0 saturated carbocycles. The average molecular weight is 331 g/mol. The number of rotatable bonds is 4. The maximum atomic E-state index is 11.8. The summed E-state index contributed by atoms with van der Waals surface area (Å²) in [6.45, 7) is 1.77. The number of aryl methyl sites for hydroxylation is 1. The van der Waals surface area contributed by atoms with Gasteiger partial charge < -0.3 is 18.9 Å². The molecule has 8 heteroatoms. The predicted molar refractivity (Wildman–Crippen MR) is 77.0 cm³/mol. The van der Waals surface area contributed by atoms with E-state index in [0.29, 0.717) is 10.8 Å². The molecular formula is C13H12ClO6P. The maximum absolute atomic E-state index is 11.8. The third kappa shape index (κ3) is 4.44. The standard InChI is InChI=1S/C13H12ClO6P/c1-8-4-9(14)2-3-12(8)20-13-6-19-10(5-11(13)15)7-21(16,17)18/h2-6H,7H2,1H3,(H2,16,17,18). The van der Waals surface area contributed by atoms with Crippen LogP contribution in [-0.4, -0.2) is 9.79 Å². The summed E-state index contributed by atoms with van der Waals surface area (Å²) < 4.78 is 21.3. The highest BCUT2D eigenvalue weighted by atomic mass is 35.5. The van der Waals surface area contributed by atoms with Gasteiger partial charge in [-0.25, -0.2) is 0 Å². The van der Waals surface area contributed by atoms with Gasteiger partial charge in [0.1, 0.15) is 23.9 Å². The molecule has 0 radical (unpaired) electrons. The number of halogens is 1. The van der Waals surface area contributed by atoms with Crippen molar-refractivity contribution in [1.29, 1.82) is 0 Å². The van der Waals surface area contributed by atoms with Crippen molar-refractivity contribution in [3.63, 3.8) is 0 Å². The molecule has 0 aliphatic rings. The highest BCUT2D eigenvalue weighted by Crippen LogP contribution is 2.38. The molecule has 0 fully saturated rings. The van der Waals surface area contributed by atoms with E-state index in [0.717, 1.165) is 17.9 Å². The topological polar surface area (TPSA) is 97.0 Å². The quantitative estimate of drug-likeness (QED) is 0.836. The smallest absolute Gasteiger partial charge is 0.333 e. The summed E-state index contributed by atoms with van der Waals surface area (Å²) in [5.74, 6) is 0.262. The van der Waals surface area contributed by atoms with Gasteiger partial charge in [-0.05, 0) is 30.7 Å². The fourth-order valence-corrected chi connectivity index (χ4v) is 2.44. The van der Waals surface area contributed by atoms with Crippen LogP contribution in [0, 0.1) is 6.92 Å². The first-order valence-corrected chi connectivity index (χ1v) is 8.02. The Labute approximate surface area is 125 Å². The van der Waals surface area contributed by atoms with Crippen LogP contribution < -0.4 is 10.2 Å². The molecule has 0 spiro atoms. The summed E-state index contributed by atoms with van der Waals surface area (Å²) in [6, 6.07) is 5.91. The van der Waals surface area contributed by atoms with E-state index in [1.54, 1.807) is 25.1 Å². The second kappa shape index (κ2) is 6.03. The third-order valence-corrected chi connectivity index (χ3v) is 3.53. The van der Waals surface area contributed by atoms with Gasteiger partial charge in [-0.3, -0.25) is 9.36 Å². The average Bonchev–Trinajstić information content (AvgIpc) is 2.33. The van der Waals surface area contributed by atoms with E-state index in [9.17, 15) is 9.36 Å². The number of benzene rings is 1. The monoisotopic (exact) mass is 330 g/mol. The summed E-state index contributed by atoms with van der Waals surface area (Å²) in [6.07, 6.45) is 0.393. The first kappa shape index (κ1) is 15.8. The molecule has 0 bridgehead atoms. The van der Waals surface area contributed by atoms with Crippen molar-refractivity contribution in [3.05, 3.63) is 57.1 Å². The lowest BCUT2D eigenvalue weighted by Crippen LogP contribution is -2.05. The van der Waals surface area contributed by atoms with Crippen molar-refractivity contribution in [1.82, 2.24) is 0 Å². The van der Waals surface area contributed by atoms with Crippen LogP contribution in [0.5, 0.6) is 11.5 Å². The zero-order valence-corrected chi connectivity index (χ0v) is 12.6. The summed E-state index contributed by atoms with van der Waals surface area (Å²) in [7, 11) is -4.29. The summed E-state index contributed by atoms with van der Waals surface area (Å²) >= 11 is 5.82. The largest absolute Gasteiger partial charge is 0.464 e. The fraction of sp³-hybridized carbons (Fsp3) is 0.154. The Balaban J connectivity index is 2.26. The van der Waals surface area contributed by atoms with Crippen LogP contribution in [0.3, 0.4) is 0 Å². The minimum atomic E-state index is -4.29. The highest BCUT2D eigenvalue weighted by molar-refractivity contribution is 7.50. The fourth-order valence-electron chi connectivity index (χ4n) is 1.64. The SMILES string of the molecule is Cc1cc(Cl)ccc1Oc1coc(CP(=O)(O)O)cc1=O. The number of hydrogen-bond acceptors (Lipinski definition) is 4. The Morgan fingerprint density at radius 2 is 2.00 bits per heavy atom. The minimum absolute atomic E-state index is 0.0742. The molecule has 0 aliphatic heterocycles. The lowest BCUT2D eigenvalue weighted by Gasteiger charge is -2.08. The van der Waals surface area contributed by atoms with Gasteiger partial charge in [0.15, 0.2) is 0 Å². The molecule has 1 aromatic heterocycles. The molecule has 2 aromatic rings. The van der Waals surface area contributed by atoms with Crippen molar-refractivity contribution in [3.8, 4) is 11.5 Å². The lowest BCUT2D eigenvalue weighted by atomic mass is 10.2. The highest BCUT2D eigenvalue weighted by Gasteiger charge is 2.17. The summed E-state index contributed by atoms with van der Waals surface area (Å²) in [5, 5.41) is 0.545. The Hall–Kier alpha value is -1.59. The first-order chi connectivity index (χ1) is 9.74. The minimum Gasteiger partial charge on any atom is -0.464 e. The lowest BCUT2D eigenvalue weighted by molar-refractivity contribution is 0.362. The van der Waals surface area contributed by atoms with Crippen molar-refractivity contribution in [2.24, 2.45) is 0 Å². The van der Waals surface area contributed by atoms with Crippen LogP contribution in [0.1, 0.15) is 11.3 Å². The second-order valence-corrected chi connectivity index (χ2v) is 6.49. The van der Waals surface area contributed by atoms with E-state index < -0.39 is 19.2 Å². The van der Waals surface area contributed by atoms with Gasteiger partial charge in [0.2, 0.25) is 11.2 Å². The molecule has 0 aliphatic carbocycles. The van der Waals surface area contributed by atoms with E-state index >= 15 is 0 Å². The van der Waals surface area contributed by atoms with Crippen molar-refractivity contribution < 1.29 is 23.5 Å². The van der Waals surface area contributed by atoms with E-state index in [-0.39, 0.29) is 11.5 Å². The maximum Gasteiger partial charge on any atom is 0.333 e. The number of ether oxygens (including phenoxy) is 1. The van der Waals surface area contributed by atoms with Crippen molar-refractivity contribution in [2.75, 3.05) is 0 Å². The van der Waals surface area contributed by atoms with Crippen LogP contribution in [0.25, 0.3) is 0 Å². The van der Waals surface area contributed by atoms with Gasteiger partial charge in [-0.1, -0.05) is 11.6 Å². The zero-order chi connectivity index (χ0) is 15.6. The molecule has 0 unspecified atom stereocenters. The van der Waals surface area contributed by atoms with E-state index in [1.165, 1.54) is 0 Å². The Morgan fingerprint density at radius 1 is 1.29 bits per heavy atom. The molecule has 0 saturated heterocycles. The molecule has 0 atom stereocenters. The van der Waals surface area contributed by atoms with Crippen LogP contribution in [0.4, 0.5) is 0 Å². The van der Waals surface area contributed by atoms with E-state index in [1.807, 2.05) is 0 Å². The molecule has 2 N–H and O–H groups in total. The van der Waals surface area contributed by atoms with Crippen LogP contribution in [0.2, 0.25) is 5.02 Å². The van der Waals surface area contributed by atoms with Gasteiger partial charge in [0.05, 0.1) is 0 Å². The van der Waals surface area contributed by atoms with Gasteiger partial charge in [-0.15, -0.1) is 0 Å². The molecule has 1 heterocycles. The predicted octanol–water partition coefficient (Wildman–Crippen LogP) is 3.07. The van der Waals surface area contributed by atoms with Gasteiger partial charge in [-0.2, -0.15) is 0 Å². The molecule has 21 heavy (non-hydrogen) atoms. The zero-order valence-electron chi connectivity index (χ0n) is 10.9. The van der Waals surface area contributed by atoms with E-state index in [2.05, 4.69) is 0 Å². The summed E-state index contributed by atoms with van der Waals surface area (Å²) in [4.78, 5) is 29.5. The Morgan fingerprint density at radius 3 is 2.57 bits per heavy atom. The Kier molecular flexibility index (Phi) is 4.54. The molecule has 6 nitrogen and oxygen atoms in total. The van der Waals surface area contributed by atoms with Crippen molar-refractivity contribution in [2.45, 2.75) is 13.1 Å². The van der Waals surface area contributed by atoms with Gasteiger partial charge in [0.25, 0.3) is 0 Å². The van der Waals surface area contributed by atoms with Crippen molar-refractivity contribution >= 4 is 19.2 Å². The van der Waals surface area contributed by atoms with Gasteiger partial charge in [0, 0.05) is 11.1 Å². The molecule has 1 aromatic carbocycles. The van der Waals surface area contributed by atoms with E-state index in [4.69, 9.17) is 30.5 Å². The molecular weight excluding hydrogens is 319 g/mol. The molecule has 112 valence electrons. The van der Waals surface area contributed by atoms with Crippen LogP contribution >= 0.6 is 19.2 Å². The Bertz CT molecular complexity index is 763. The van der Waals surface area contributed by atoms with Crippen LogP contribution in [0.15, 0.2) is 39.7 Å². The normalized spacial score (nSPS) is 11.4. The first-order valence-electron chi connectivity index (χ1n) is 5.85. The summed E-state index contributed by atoms with van der Waals surface area (Å²) in [5.41, 5.74) is 0.209. The molecule has 2 rings (SSSR count). The van der Waals surface area contributed by atoms with Crippen LogP contribution in [-0.2, 0) is 10.7 Å². The molecule has 0 amide bonds. The number of hydrogen-bond donors (Lipinski definition) is 2. The van der Waals surface area contributed by atoms with Gasteiger partial charge >= 0.3 is 7.60 Å².